The van der Waals surface area contributed by atoms with Crippen LogP contribution in [0.1, 0.15) is 28.4 Å². The highest BCUT2D eigenvalue weighted by atomic mass is 16.5. The lowest BCUT2D eigenvalue weighted by Gasteiger charge is -2.19. The third-order valence-electron chi connectivity index (χ3n) is 3.91. The molecule has 0 heterocycles. The number of hydrogen-bond acceptors (Lipinski definition) is 4. The van der Waals surface area contributed by atoms with Crippen molar-refractivity contribution in [1.29, 1.82) is 0 Å². The molecule has 5 nitrogen and oxygen atoms in total. The van der Waals surface area contributed by atoms with Crippen LogP contribution in [0.4, 0.5) is 4.79 Å². The molecule has 2 unspecified atom stereocenters. The van der Waals surface area contributed by atoms with Crippen molar-refractivity contribution in [2.45, 2.75) is 32.7 Å². The van der Waals surface area contributed by atoms with E-state index in [1.807, 2.05) is 56.3 Å². The molecule has 0 aliphatic heterocycles. The highest BCUT2D eigenvalue weighted by molar-refractivity contribution is 5.67. The number of carbonyl (C=O) groups is 1. The molecule has 2 rings (SSSR count). The van der Waals surface area contributed by atoms with Crippen LogP contribution in [-0.4, -0.2) is 29.0 Å². The predicted octanol–water partition coefficient (Wildman–Crippen LogP) is 2.62. The number of alkyl carbamates (subject to hydrolysis) is 1. The first-order valence-electron chi connectivity index (χ1n) is 7.85. The van der Waals surface area contributed by atoms with Crippen molar-refractivity contribution in [1.82, 2.24) is 5.32 Å². The number of hydrogen-bond donors (Lipinski definition) is 3. The van der Waals surface area contributed by atoms with Gasteiger partial charge in [0.25, 0.3) is 0 Å². The van der Waals surface area contributed by atoms with Gasteiger partial charge < -0.3 is 20.3 Å². The molecular formula is C19H23NO4. The standard InChI is InChI=1S/C19H23NO4/c1-13-8-9-16(10-14(13)2)18(22)17(21)11-20-19(23)24-12-15-6-4-3-5-7-15/h3-10,17-18,21-22H,11-12H2,1-2H3,(H,20,23). The molecule has 128 valence electrons. The van der Waals surface area contributed by atoms with Crippen LogP contribution in [0.15, 0.2) is 48.5 Å². The number of aliphatic hydroxyl groups is 2. The molecule has 1 amide bonds. The Bertz CT molecular complexity index is 672. The van der Waals surface area contributed by atoms with E-state index in [1.54, 1.807) is 6.07 Å². The number of aliphatic hydroxyl groups excluding tert-OH is 2. The second-order valence-corrected chi connectivity index (χ2v) is 5.80. The molecule has 0 fully saturated rings. The van der Waals surface area contributed by atoms with Gasteiger partial charge in [-0.25, -0.2) is 4.79 Å². The van der Waals surface area contributed by atoms with Gasteiger partial charge in [0.15, 0.2) is 0 Å². The molecule has 5 heteroatoms. The monoisotopic (exact) mass is 329 g/mol. The van der Waals surface area contributed by atoms with Crippen molar-refractivity contribution < 1.29 is 19.7 Å². The quantitative estimate of drug-likeness (QED) is 0.761. The van der Waals surface area contributed by atoms with E-state index in [-0.39, 0.29) is 13.2 Å². The number of nitrogens with one attached hydrogen (secondary N) is 1. The highest BCUT2D eigenvalue weighted by Gasteiger charge is 2.19. The summed E-state index contributed by atoms with van der Waals surface area (Å²) in [5.41, 5.74) is 3.64. The fourth-order valence-electron chi connectivity index (χ4n) is 2.24. The summed E-state index contributed by atoms with van der Waals surface area (Å²) in [4.78, 5) is 11.7. The molecule has 0 spiro atoms. The lowest BCUT2D eigenvalue weighted by molar-refractivity contribution is 0.0184. The summed E-state index contributed by atoms with van der Waals surface area (Å²) in [6, 6.07) is 14.8. The third-order valence-corrected chi connectivity index (χ3v) is 3.91. The normalized spacial score (nSPS) is 13.2. The summed E-state index contributed by atoms with van der Waals surface area (Å²) in [5.74, 6) is 0. The van der Waals surface area contributed by atoms with Crippen LogP contribution in [0.2, 0.25) is 0 Å². The summed E-state index contributed by atoms with van der Waals surface area (Å²) < 4.78 is 5.06. The second-order valence-electron chi connectivity index (χ2n) is 5.80. The molecule has 0 aliphatic carbocycles. The summed E-state index contributed by atoms with van der Waals surface area (Å²) >= 11 is 0. The largest absolute Gasteiger partial charge is 0.445 e. The van der Waals surface area contributed by atoms with Crippen molar-refractivity contribution in [2.24, 2.45) is 0 Å². The number of aryl methyl sites for hydroxylation is 2. The minimum absolute atomic E-state index is 0.0955. The topological polar surface area (TPSA) is 78.8 Å². The van der Waals surface area contributed by atoms with Gasteiger partial charge >= 0.3 is 6.09 Å². The molecule has 0 aliphatic rings. The van der Waals surface area contributed by atoms with Crippen LogP contribution in [-0.2, 0) is 11.3 Å². The highest BCUT2D eigenvalue weighted by Crippen LogP contribution is 2.19. The third kappa shape index (κ3) is 5.08. The number of ether oxygens (including phenoxy) is 1. The van der Waals surface area contributed by atoms with Gasteiger partial charge in [-0.1, -0.05) is 48.5 Å². The van der Waals surface area contributed by atoms with E-state index < -0.39 is 18.3 Å². The molecule has 2 aromatic carbocycles. The van der Waals surface area contributed by atoms with Gasteiger partial charge in [-0.05, 0) is 36.1 Å². The first kappa shape index (κ1) is 18.0. The average Bonchev–Trinajstić information content (AvgIpc) is 2.60. The Morgan fingerprint density at radius 3 is 2.46 bits per heavy atom. The summed E-state index contributed by atoms with van der Waals surface area (Å²) in [6.07, 6.45) is -2.82. The fraction of sp³-hybridized carbons (Fsp3) is 0.316. The van der Waals surface area contributed by atoms with Crippen molar-refractivity contribution >= 4 is 6.09 Å². The van der Waals surface area contributed by atoms with E-state index in [4.69, 9.17) is 4.74 Å². The van der Waals surface area contributed by atoms with Crippen LogP contribution in [0.3, 0.4) is 0 Å². The van der Waals surface area contributed by atoms with E-state index in [0.717, 1.165) is 16.7 Å². The Morgan fingerprint density at radius 2 is 1.79 bits per heavy atom. The zero-order valence-electron chi connectivity index (χ0n) is 13.9. The van der Waals surface area contributed by atoms with Gasteiger partial charge in [0.05, 0.1) is 0 Å². The predicted molar refractivity (Wildman–Crippen MR) is 91.5 cm³/mol. The molecule has 2 atom stereocenters. The molecule has 3 N–H and O–H groups in total. The van der Waals surface area contributed by atoms with Gasteiger partial charge in [-0.15, -0.1) is 0 Å². The molecule has 0 saturated carbocycles. The first-order chi connectivity index (χ1) is 11.5. The molecule has 0 aromatic heterocycles. The maximum absolute atomic E-state index is 11.7. The Morgan fingerprint density at radius 1 is 1.08 bits per heavy atom. The van der Waals surface area contributed by atoms with Crippen LogP contribution < -0.4 is 5.32 Å². The van der Waals surface area contributed by atoms with Crippen molar-refractivity contribution in [3.05, 3.63) is 70.8 Å². The number of benzene rings is 2. The summed E-state index contributed by atoms with van der Waals surface area (Å²) in [6.45, 7) is 3.98. The first-order valence-corrected chi connectivity index (χ1v) is 7.85. The zero-order valence-corrected chi connectivity index (χ0v) is 13.9. The van der Waals surface area contributed by atoms with E-state index >= 15 is 0 Å². The minimum atomic E-state index is -1.11. The molecule has 2 aromatic rings. The maximum Gasteiger partial charge on any atom is 0.407 e. The van der Waals surface area contributed by atoms with Crippen molar-refractivity contribution in [2.75, 3.05) is 6.54 Å². The van der Waals surface area contributed by atoms with E-state index in [1.165, 1.54) is 0 Å². The van der Waals surface area contributed by atoms with E-state index in [0.29, 0.717) is 5.56 Å². The fourth-order valence-corrected chi connectivity index (χ4v) is 2.24. The smallest absolute Gasteiger partial charge is 0.407 e. The Balaban J connectivity index is 1.80. The lowest BCUT2D eigenvalue weighted by Crippen LogP contribution is -2.35. The van der Waals surface area contributed by atoms with Crippen LogP contribution in [0.25, 0.3) is 0 Å². The second kappa shape index (κ2) is 8.47. The number of amides is 1. The van der Waals surface area contributed by atoms with Gasteiger partial charge in [0, 0.05) is 6.54 Å². The summed E-state index contributed by atoms with van der Waals surface area (Å²) in [7, 11) is 0. The SMILES string of the molecule is Cc1ccc(C(O)C(O)CNC(=O)OCc2ccccc2)cc1C. The Labute approximate surface area is 141 Å². The molecule has 24 heavy (non-hydrogen) atoms. The molecule has 0 saturated heterocycles. The zero-order chi connectivity index (χ0) is 17.5. The number of carbonyl (C=O) groups excluding carboxylic acids is 1. The van der Waals surface area contributed by atoms with Gasteiger partial charge in [0.2, 0.25) is 0 Å². The summed E-state index contributed by atoms with van der Waals surface area (Å²) in [5, 5.41) is 22.7. The maximum atomic E-state index is 11.7. The average molecular weight is 329 g/mol. The van der Waals surface area contributed by atoms with Gasteiger partial charge in [0.1, 0.15) is 18.8 Å². The molecular weight excluding hydrogens is 306 g/mol. The molecule has 0 radical (unpaired) electrons. The molecule has 0 bridgehead atoms. The van der Waals surface area contributed by atoms with E-state index in [2.05, 4.69) is 5.32 Å². The van der Waals surface area contributed by atoms with Crippen molar-refractivity contribution in [3.8, 4) is 0 Å². The van der Waals surface area contributed by atoms with Crippen LogP contribution >= 0.6 is 0 Å². The van der Waals surface area contributed by atoms with Gasteiger partial charge in [-0.3, -0.25) is 0 Å². The minimum Gasteiger partial charge on any atom is -0.445 e. The lowest BCUT2D eigenvalue weighted by atomic mass is 9.99. The van der Waals surface area contributed by atoms with Crippen molar-refractivity contribution in [3.63, 3.8) is 0 Å². The number of rotatable bonds is 6. The van der Waals surface area contributed by atoms with E-state index in [9.17, 15) is 15.0 Å². The van der Waals surface area contributed by atoms with Crippen LogP contribution in [0.5, 0.6) is 0 Å². The Hall–Kier alpha value is -2.37. The van der Waals surface area contributed by atoms with Crippen LogP contribution in [0, 0.1) is 13.8 Å². The Kier molecular flexibility index (Phi) is 6.35. The van der Waals surface area contributed by atoms with Gasteiger partial charge in [-0.2, -0.15) is 0 Å².